The molecular formula is C13H14N2O2. The van der Waals surface area contributed by atoms with E-state index in [1.165, 1.54) is 0 Å². The summed E-state index contributed by atoms with van der Waals surface area (Å²) in [5.41, 5.74) is 2.13. The van der Waals surface area contributed by atoms with Gasteiger partial charge in [-0.15, -0.1) is 0 Å². The van der Waals surface area contributed by atoms with Gasteiger partial charge in [-0.3, -0.25) is 4.79 Å². The summed E-state index contributed by atoms with van der Waals surface area (Å²) in [5, 5.41) is 0. The van der Waals surface area contributed by atoms with Crippen molar-refractivity contribution >= 4 is 6.47 Å². The predicted octanol–water partition coefficient (Wildman–Crippen LogP) is 1.80. The summed E-state index contributed by atoms with van der Waals surface area (Å²) in [6.45, 7) is 0.853. The van der Waals surface area contributed by atoms with Gasteiger partial charge < -0.3 is 9.30 Å². The van der Waals surface area contributed by atoms with Gasteiger partial charge >= 0.3 is 0 Å². The third kappa shape index (κ3) is 2.53. The third-order valence-corrected chi connectivity index (χ3v) is 2.66. The fraction of sp³-hybridized carbons (Fsp3) is 0.231. The average Bonchev–Trinajstić information content (AvgIpc) is 2.73. The maximum atomic E-state index is 10.1. The maximum absolute atomic E-state index is 10.1. The molecule has 0 fully saturated rings. The van der Waals surface area contributed by atoms with Gasteiger partial charge in [-0.2, -0.15) is 0 Å². The Bertz CT molecular complexity index is 491. The van der Waals surface area contributed by atoms with E-state index in [0.717, 1.165) is 17.1 Å². The largest absolute Gasteiger partial charge is 0.467 e. The standard InChI is InChI=1S/C13H14N2O2/c1-15-12(7-8-17-10-16)9-14-13(15)11-5-3-2-4-6-11/h2-6,9-10H,7-8H2,1H3. The highest BCUT2D eigenvalue weighted by atomic mass is 16.5. The first-order valence-corrected chi connectivity index (χ1v) is 5.44. The van der Waals surface area contributed by atoms with Crippen LogP contribution in [-0.4, -0.2) is 22.6 Å². The number of nitrogens with zero attached hydrogens (tertiary/aromatic N) is 2. The summed E-state index contributed by atoms with van der Waals surface area (Å²) in [6.07, 6.45) is 2.49. The number of hydrogen-bond acceptors (Lipinski definition) is 3. The Kier molecular flexibility index (Phi) is 3.55. The smallest absolute Gasteiger partial charge is 0.293 e. The lowest BCUT2D eigenvalue weighted by atomic mass is 10.2. The Hall–Kier alpha value is -2.10. The van der Waals surface area contributed by atoms with Crippen molar-refractivity contribution in [2.24, 2.45) is 7.05 Å². The Balaban J connectivity index is 2.18. The van der Waals surface area contributed by atoms with Crippen LogP contribution in [0.4, 0.5) is 0 Å². The second-order valence-corrected chi connectivity index (χ2v) is 3.72. The van der Waals surface area contributed by atoms with E-state index in [0.29, 0.717) is 19.5 Å². The summed E-state index contributed by atoms with van der Waals surface area (Å²) >= 11 is 0. The Morgan fingerprint density at radius 1 is 1.35 bits per heavy atom. The van der Waals surface area contributed by atoms with E-state index in [4.69, 9.17) is 0 Å². The molecule has 1 heterocycles. The second-order valence-electron chi connectivity index (χ2n) is 3.72. The number of benzene rings is 1. The minimum atomic E-state index is 0.386. The van der Waals surface area contributed by atoms with E-state index >= 15 is 0 Å². The van der Waals surface area contributed by atoms with Crippen molar-refractivity contribution in [1.29, 1.82) is 0 Å². The van der Waals surface area contributed by atoms with Crippen LogP contribution in [0.15, 0.2) is 36.5 Å². The van der Waals surface area contributed by atoms with Gasteiger partial charge in [0.15, 0.2) is 0 Å². The molecule has 0 aliphatic rings. The number of carbonyl (C=O) groups is 1. The summed E-state index contributed by atoms with van der Waals surface area (Å²) in [7, 11) is 1.96. The van der Waals surface area contributed by atoms with E-state index in [2.05, 4.69) is 9.72 Å². The lowest BCUT2D eigenvalue weighted by Gasteiger charge is -2.05. The molecule has 0 saturated heterocycles. The summed E-state index contributed by atoms with van der Waals surface area (Å²) < 4.78 is 6.70. The molecule has 0 radical (unpaired) electrons. The van der Waals surface area contributed by atoms with Gasteiger partial charge in [-0.05, 0) is 0 Å². The predicted molar refractivity (Wildman–Crippen MR) is 64.4 cm³/mol. The van der Waals surface area contributed by atoms with Crippen LogP contribution in [-0.2, 0) is 23.0 Å². The van der Waals surface area contributed by atoms with Gasteiger partial charge in [0.1, 0.15) is 5.82 Å². The molecule has 4 nitrogen and oxygen atoms in total. The molecule has 17 heavy (non-hydrogen) atoms. The van der Waals surface area contributed by atoms with E-state index in [1.54, 1.807) is 0 Å². The van der Waals surface area contributed by atoms with Crippen molar-refractivity contribution < 1.29 is 9.53 Å². The Morgan fingerprint density at radius 2 is 2.12 bits per heavy atom. The highest BCUT2D eigenvalue weighted by Gasteiger charge is 2.07. The fourth-order valence-electron chi connectivity index (χ4n) is 1.74. The van der Waals surface area contributed by atoms with Crippen LogP contribution in [0.2, 0.25) is 0 Å². The van der Waals surface area contributed by atoms with Crippen LogP contribution < -0.4 is 0 Å². The lowest BCUT2D eigenvalue weighted by molar-refractivity contribution is -0.128. The number of aromatic nitrogens is 2. The molecule has 0 saturated carbocycles. The molecule has 0 aliphatic carbocycles. The van der Waals surface area contributed by atoms with E-state index in [9.17, 15) is 4.79 Å². The van der Waals surface area contributed by atoms with E-state index in [1.807, 2.05) is 48.1 Å². The van der Waals surface area contributed by atoms with Crippen molar-refractivity contribution in [3.8, 4) is 11.4 Å². The van der Waals surface area contributed by atoms with Crippen molar-refractivity contribution in [2.45, 2.75) is 6.42 Å². The second kappa shape index (κ2) is 5.30. The monoisotopic (exact) mass is 230 g/mol. The van der Waals surface area contributed by atoms with Crippen LogP contribution in [0.1, 0.15) is 5.69 Å². The average molecular weight is 230 g/mol. The van der Waals surface area contributed by atoms with E-state index < -0.39 is 0 Å². The molecule has 88 valence electrons. The van der Waals surface area contributed by atoms with Crippen molar-refractivity contribution in [3.05, 3.63) is 42.2 Å². The summed E-state index contributed by atoms with van der Waals surface area (Å²) in [5.74, 6) is 0.923. The van der Waals surface area contributed by atoms with Crippen molar-refractivity contribution in [2.75, 3.05) is 6.61 Å². The van der Waals surface area contributed by atoms with Crippen LogP contribution in [0, 0.1) is 0 Å². The van der Waals surface area contributed by atoms with Crippen molar-refractivity contribution in [1.82, 2.24) is 9.55 Å². The highest BCUT2D eigenvalue weighted by Crippen LogP contribution is 2.18. The minimum Gasteiger partial charge on any atom is -0.467 e. The molecule has 4 heteroatoms. The van der Waals surface area contributed by atoms with Gasteiger partial charge in [0, 0.05) is 30.9 Å². The van der Waals surface area contributed by atoms with Crippen molar-refractivity contribution in [3.63, 3.8) is 0 Å². The number of rotatable bonds is 5. The minimum absolute atomic E-state index is 0.386. The fourth-order valence-corrected chi connectivity index (χ4v) is 1.74. The summed E-state index contributed by atoms with van der Waals surface area (Å²) in [6, 6.07) is 9.99. The van der Waals surface area contributed by atoms with Gasteiger partial charge in [0.05, 0.1) is 6.61 Å². The topological polar surface area (TPSA) is 44.1 Å². The maximum Gasteiger partial charge on any atom is 0.293 e. The Morgan fingerprint density at radius 3 is 2.82 bits per heavy atom. The van der Waals surface area contributed by atoms with Crippen LogP contribution in [0.5, 0.6) is 0 Å². The van der Waals surface area contributed by atoms with Crippen LogP contribution in [0.3, 0.4) is 0 Å². The molecule has 0 unspecified atom stereocenters. The molecule has 0 aliphatic heterocycles. The number of carbonyl (C=O) groups excluding carboxylic acids is 1. The van der Waals surface area contributed by atoms with Gasteiger partial charge in [0.25, 0.3) is 6.47 Å². The molecule has 0 amide bonds. The molecule has 2 aromatic rings. The molecule has 1 aromatic carbocycles. The first-order chi connectivity index (χ1) is 8.33. The zero-order valence-electron chi connectivity index (χ0n) is 9.67. The normalized spacial score (nSPS) is 10.2. The lowest BCUT2D eigenvalue weighted by Crippen LogP contribution is -2.03. The zero-order valence-corrected chi connectivity index (χ0v) is 9.67. The molecule has 2 rings (SSSR count). The SMILES string of the molecule is Cn1c(CCOC=O)cnc1-c1ccccc1. The number of imidazole rings is 1. The van der Waals surface area contributed by atoms with Gasteiger partial charge in [0.2, 0.25) is 0 Å². The third-order valence-electron chi connectivity index (χ3n) is 2.66. The first kappa shape index (κ1) is 11.4. The quantitative estimate of drug-likeness (QED) is 0.581. The first-order valence-electron chi connectivity index (χ1n) is 5.44. The zero-order chi connectivity index (χ0) is 12.1. The number of hydrogen-bond donors (Lipinski definition) is 0. The molecule has 1 aromatic heterocycles. The molecule has 0 spiro atoms. The molecule has 0 N–H and O–H groups in total. The van der Waals surface area contributed by atoms with Gasteiger partial charge in [-0.1, -0.05) is 30.3 Å². The summed E-state index contributed by atoms with van der Waals surface area (Å²) in [4.78, 5) is 14.4. The van der Waals surface area contributed by atoms with Gasteiger partial charge in [-0.25, -0.2) is 4.98 Å². The van der Waals surface area contributed by atoms with Crippen LogP contribution >= 0.6 is 0 Å². The highest BCUT2D eigenvalue weighted by molar-refractivity contribution is 5.55. The Labute approximate surface area is 99.9 Å². The molecule has 0 bridgehead atoms. The molecule has 0 atom stereocenters. The van der Waals surface area contributed by atoms with E-state index in [-0.39, 0.29) is 0 Å². The molecular weight excluding hydrogens is 216 g/mol. The number of ether oxygens (including phenoxy) is 1. The van der Waals surface area contributed by atoms with Crippen LogP contribution in [0.25, 0.3) is 11.4 Å².